The number of nitrogens with two attached hydrogens (primary N) is 1. The van der Waals surface area contributed by atoms with Crippen molar-refractivity contribution < 1.29 is 9.18 Å². The fourth-order valence-corrected chi connectivity index (χ4v) is 2.68. The van der Waals surface area contributed by atoms with E-state index in [1.807, 2.05) is 6.92 Å². The predicted molar refractivity (Wildman–Crippen MR) is 86.4 cm³/mol. The number of hydrogen-bond donors (Lipinski definition) is 2. The molecule has 0 spiro atoms. The number of nitrogens with one attached hydrogen (secondary N) is 1. The number of thioether (sulfide) groups is 1. The molecular weight excluding hydrogens is 311 g/mol. The summed E-state index contributed by atoms with van der Waals surface area (Å²) in [5.74, 6) is -0.514. The largest absolute Gasteiger partial charge is 0.399 e. The van der Waals surface area contributed by atoms with Gasteiger partial charge in [-0.3, -0.25) is 4.79 Å². The number of benzene rings is 2. The number of amides is 1. The smallest absolute Gasteiger partial charge is 0.234 e. The van der Waals surface area contributed by atoms with Crippen LogP contribution in [0.1, 0.15) is 5.56 Å². The van der Waals surface area contributed by atoms with Crippen molar-refractivity contribution in [2.75, 3.05) is 16.8 Å². The lowest BCUT2D eigenvalue weighted by Gasteiger charge is -2.09. The van der Waals surface area contributed by atoms with Crippen molar-refractivity contribution in [3.05, 3.63) is 52.8 Å². The van der Waals surface area contributed by atoms with Crippen LogP contribution in [0.5, 0.6) is 0 Å². The van der Waals surface area contributed by atoms with Crippen LogP contribution in [-0.2, 0) is 4.79 Å². The van der Waals surface area contributed by atoms with Crippen LogP contribution in [0.3, 0.4) is 0 Å². The zero-order chi connectivity index (χ0) is 15.4. The summed E-state index contributed by atoms with van der Waals surface area (Å²) < 4.78 is 13.6. The second-order valence-corrected chi connectivity index (χ2v) is 5.94. The Morgan fingerprint density at radius 1 is 1.33 bits per heavy atom. The molecule has 0 unspecified atom stereocenters. The Kier molecular flexibility index (Phi) is 5.09. The molecule has 0 fully saturated rings. The third-order valence-corrected chi connectivity index (χ3v) is 4.06. The summed E-state index contributed by atoms with van der Waals surface area (Å²) in [5.41, 5.74) is 7.41. The van der Waals surface area contributed by atoms with Crippen molar-refractivity contribution in [3.8, 4) is 0 Å². The second-order valence-electron chi connectivity index (χ2n) is 4.49. The van der Waals surface area contributed by atoms with Crippen molar-refractivity contribution in [3.63, 3.8) is 0 Å². The molecule has 0 radical (unpaired) electrons. The minimum atomic E-state index is -0.421. The van der Waals surface area contributed by atoms with E-state index in [4.69, 9.17) is 17.3 Å². The van der Waals surface area contributed by atoms with Gasteiger partial charge in [-0.25, -0.2) is 4.39 Å². The second kappa shape index (κ2) is 6.83. The summed E-state index contributed by atoms with van der Waals surface area (Å²) in [6, 6.07) is 9.62. The van der Waals surface area contributed by atoms with Crippen molar-refractivity contribution >= 4 is 40.6 Å². The van der Waals surface area contributed by atoms with Gasteiger partial charge in [0.05, 0.1) is 5.75 Å². The molecular formula is C15H14ClFN2OS. The molecule has 21 heavy (non-hydrogen) atoms. The number of nitrogen functional groups attached to an aromatic ring is 1. The van der Waals surface area contributed by atoms with E-state index in [2.05, 4.69) is 5.32 Å². The van der Waals surface area contributed by atoms with E-state index >= 15 is 0 Å². The number of hydrogen-bond acceptors (Lipinski definition) is 3. The van der Waals surface area contributed by atoms with E-state index in [0.29, 0.717) is 21.3 Å². The highest BCUT2D eigenvalue weighted by molar-refractivity contribution is 8.00. The molecule has 2 rings (SSSR count). The van der Waals surface area contributed by atoms with Gasteiger partial charge < -0.3 is 11.1 Å². The molecule has 6 heteroatoms. The molecule has 110 valence electrons. The quantitative estimate of drug-likeness (QED) is 0.657. The maximum Gasteiger partial charge on any atom is 0.234 e. The Morgan fingerprint density at radius 3 is 2.76 bits per heavy atom. The lowest BCUT2D eigenvalue weighted by molar-refractivity contribution is -0.113. The van der Waals surface area contributed by atoms with Crippen LogP contribution in [0.4, 0.5) is 15.8 Å². The average molecular weight is 325 g/mol. The van der Waals surface area contributed by atoms with Gasteiger partial charge in [-0.15, -0.1) is 11.8 Å². The fourth-order valence-electron chi connectivity index (χ4n) is 1.73. The minimum absolute atomic E-state index is 0.114. The monoisotopic (exact) mass is 324 g/mol. The molecule has 2 aromatic rings. The van der Waals surface area contributed by atoms with Gasteiger partial charge in [0.25, 0.3) is 0 Å². The zero-order valence-corrected chi connectivity index (χ0v) is 12.9. The number of halogens is 2. The first-order chi connectivity index (χ1) is 9.95. The van der Waals surface area contributed by atoms with E-state index in [1.165, 1.54) is 6.07 Å². The van der Waals surface area contributed by atoms with Crippen LogP contribution in [0.15, 0.2) is 41.3 Å². The van der Waals surface area contributed by atoms with E-state index in [-0.39, 0.29) is 11.7 Å². The molecule has 1 amide bonds. The zero-order valence-electron chi connectivity index (χ0n) is 11.3. The highest BCUT2D eigenvalue weighted by atomic mass is 35.5. The first-order valence-electron chi connectivity index (χ1n) is 6.19. The molecule has 0 aliphatic heterocycles. The van der Waals surface area contributed by atoms with Gasteiger partial charge in [0.2, 0.25) is 5.91 Å². The van der Waals surface area contributed by atoms with Crippen LogP contribution >= 0.6 is 23.4 Å². The van der Waals surface area contributed by atoms with Crippen molar-refractivity contribution in [1.82, 2.24) is 0 Å². The summed E-state index contributed by atoms with van der Waals surface area (Å²) in [6.45, 7) is 1.86. The Morgan fingerprint density at radius 2 is 2.10 bits per heavy atom. The lowest BCUT2D eigenvalue weighted by atomic mass is 10.2. The number of rotatable bonds is 4. The first kappa shape index (κ1) is 15.7. The van der Waals surface area contributed by atoms with E-state index in [1.54, 1.807) is 30.3 Å². The molecule has 3 nitrogen and oxygen atoms in total. The molecule has 0 saturated carbocycles. The normalized spacial score (nSPS) is 10.4. The number of carbonyl (C=O) groups is 1. The fraction of sp³-hybridized carbons (Fsp3) is 0.133. The molecule has 0 saturated heterocycles. The summed E-state index contributed by atoms with van der Waals surface area (Å²) in [6.07, 6.45) is 0. The Balaban J connectivity index is 1.96. The van der Waals surface area contributed by atoms with Crippen molar-refractivity contribution in [1.29, 1.82) is 0 Å². The number of aryl methyl sites for hydroxylation is 1. The molecule has 0 aliphatic rings. The van der Waals surface area contributed by atoms with Gasteiger partial charge >= 0.3 is 0 Å². The Labute approximate surface area is 131 Å². The van der Waals surface area contributed by atoms with Crippen LogP contribution in [0, 0.1) is 12.7 Å². The summed E-state index contributed by atoms with van der Waals surface area (Å²) in [5, 5.41) is 3.39. The maximum atomic E-state index is 13.6. The third kappa shape index (κ3) is 4.37. The maximum absolute atomic E-state index is 13.6. The van der Waals surface area contributed by atoms with Crippen molar-refractivity contribution in [2.45, 2.75) is 11.8 Å². The first-order valence-corrected chi connectivity index (χ1v) is 7.56. The van der Waals surface area contributed by atoms with Crippen LogP contribution < -0.4 is 11.1 Å². The number of carbonyl (C=O) groups excluding carboxylic acids is 1. The number of anilines is 2. The molecule has 0 heterocycles. The van der Waals surface area contributed by atoms with Crippen LogP contribution in [0.2, 0.25) is 5.02 Å². The van der Waals surface area contributed by atoms with Crippen LogP contribution in [0.25, 0.3) is 0 Å². The van der Waals surface area contributed by atoms with Crippen molar-refractivity contribution in [2.24, 2.45) is 0 Å². The van der Waals surface area contributed by atoms with Gasteiger partial charge in [-0.05, 0) is 48.9 Å². The molecule has 0 bridgehead atoms. The van der Waals surface area contributed by atoms with E-state index in [9.17, 15) is 9.18 Å². The topological polar surface area (TPSA) is 55.1 Å². The minimum Gasteiger partial charge on any atom is -0.399 e. The summed E-state index contributed by atoms with van der Waals surface area (Å²) in [7, 11) is 0. The standard InChI is InChI=1S/C15H14ClFN2OS/c1-9-6-10(16)2-4-13(9)19-15(20)8-21-14-5-3-11(18)7-12(14)17/h2-7H,8,18H2,1H3,(H,19,20). The predicted octanol–water partition coefficient (Wildman–Crippen LogP) is 4.10. The van der Waals surface area contributed by atoms with Gasteiger partial charge in [0.1, 0.15) is 5.82 Å². The molecule has 2 aromatic carbocycles. The Bertz CT molecular complexity index is 679. The van der Waals surface area contributed by atoms with E-state index < -0.39 is 5.82 Å². The highest BCUT2D eigenvalue weighted by Gasteiger charge is 2.09. The average Bonchev–Trinajstić information content (AvgIpc) is 2.41. The van der Waals surface area contributed by atoms with E-state index in [0.717, 1.165) is 17.3 Å². The van der Waals surface area contributed by atoms with Gasteiger partial charge in [0, 0.05) is 21.3 Å². The molecule has 0 aromatic heterocycles. The molecule has 0 aliphatic carbocycles. The SMILES string of the molecule is Cc1cc(Cl)ccc1NC(=O)CSc1ccc(N)cc1F. The van der Waals surface area contributed by atoms with Gasteiger partial charge in [-0.1, -0.05) is 11.6 Å². The third-order valence-electron chi connectivity index (χ3n) is 2.78. The van der Waals surface area contributed by atoms with Crippen LogP contribution in [-0.4, -0.2) is 11.7 Å². The molecule has 0 atom stereocenters. The van der Waals surface area contributed by atoms with Gasteiger partial charge in [-0.2, -0.15) is 0 Å². The Hall–Kier alpha value is -1.72. The highest BCUT2D eigenvalue weighted by Crippen LogP contribution is 2.24. The summed E-state index contributed by atoms with van der Waals surface area (Å²) >= 11 is 6.98. The lowest BCUT2D eigenvalue weighted by Crippen LogP contribution is -2.14. The molecule has 3 N–H and O–H groups in total. The van der Waals surface area contributed by atoms with Gasteiger partial charge in [0.15, 0.2) is 0 Å². The summed E-state index contributed by atoms with van der Waals surface area (Å²) in [4.78, 5) is 12.3.